The summed E-state index contributed by atoms with van der Waals surface area (Å²) in [6, 6.07) is 0.216. The standard InChI is InChI=1S/C7H2F7N2/c8-5(6(9,10)11,7(12,13)14)4-1-2-15-16-3-4/h1-2H. The first kappa shape index (κ1) is 12.7. The van der Waals surface area contributed by atoms with Crippen molar-refractivity contribution >= 4 is 0 Å². The third-order valence-electron chi connectivity index (χ3n) is 1.69. The summed E-state index contributed by atoms with van der Waals surface area (Å²) in [5.41, 5.74) is -7.27. The lowest BCUT2D eigenvalue weighted by Crippen LogP contribution is -2.50. The highest BCUT2D eigenvalue weighted by Gasteiger charge is 2.73. The molecule has 1 aromatic rings. The molecule has 0 atom stereocenters. The molecule has 1 radical (unpaired) electrons. The Morgan fingerprint density at radius 1 is 0.938 bits per heavy atom. The van der Waals surface area contributed by atoms with Gasteiger partial charge < -0.3 is 0 Å². The number of alkyl halides is 7. The van der Waals surface area contributed by atoms with E-state index in [1.807, 2.05) is 0 Å². The van der Waals surface area contributed by atoms with E-state index in [1.54, 1.807) is 0 Å². The molecule has 16 heavy (non-hydrogen) atoms. The minimum absolute atomic E-state index is 0.216. The second kappa shape index (κ2) is 3.56. The molecule has 0 saturated carbocycles. The molecule has 0 aliphatic carbocycles. The van der Waals surface area contributed by atoms with E-state index in [-0.39, 0.29) is 6.07 Å². The van der Waals surface area contributed by atoms with Crippen LogP contribution in [0.15, 0.2) is 12.3 Å². The second-order valence-corrected chi connectivity index (χ2v) is 2.71. The van der Waals surface area contributed by atoms with Gasteiger partial charge in [-0.05, 0) is 6.07 Å². The molecule has 0 fully saturated rings. The first-order chi connectivity index (χ1) is 7.11. The molecule has 9 heteroatoms. The molecule has 1 aromatic heterocycles. The average Bonchev–Trinajstić information content (AvgIpc) is 2.14. The van der Waals surface area contributed by atoms with Crippen LogP contribution in [0.2, 0.25) is 0 Å². The van der Waals surface area contributed by atoms with Crippen molar-refractivity contribution in [2.45, 2.75) is 18.0 Å². The zero-order valence-electron chi connectivity index (χ0n) is 7.19. The predicted octanol–water partition coefficient (Wildman–Crippen LogP) is 2.57. The second-order valence-electron chi connectivity index (χ2n) is 2.71. The molecule has 0 aromatic carbocycles. The van der Waals surface area contributed by atoms with Gasteiger partial charge in [0.25, 0.3) is 0 Å². The molecule has 0 spiro atoms. The Hall–Kier alpha value is -1.41. The van der Waals surface area contributed by atoms with Crippen molar-refractivity contribution in [1.29, 1.82) is 0 Å². The SMILES string of the molecule is FC(F)(F)C(F)(c1[c]nncc1)C(F)(F)F. The van der Waals surface area contributed by atoms with Crippen LogP contribution in [0.25, 0.3) is 0 Å². The van der Waals surface area contributed by atoms with Gasteiger partial charge in [0.05, 0.1) is 6.20 Å². The van der Waals surface area contributed by atoms with E-state index in [4.69, 9.17) is 0 Å². The summed E-state index contributed by atoms with van der Waals surface area (Å²) in [6.45, 7) is 0. The molecule has 0 aliphatic rings. The highest BCUT2D eigenvalue weighted by atomic mass is 19.4. The zero-order valence-corrected chi connectivity index (χ0v) is 7.19. The number of halogens is 7. The number of rotatable bonds is 1. The topological polar surface area (TPSA) is 25.8 Å². The molecule has 0 saturated heterocycles. The molecule has 89 valence electrons. The lowest BCUT2D eigenvalue weighted by Gasteiger charge is -2.29. The van der Waals surface area contributed by atoms with Gasteiger partial charge in [0.1, 0.15) is 6.20 Å². The van der Waals surface area contributed by atoms with Gasteiger partial charge in [0.15, 0.2) is 0 Å². The fourth-order valence-electron chi connectivity index (χ4n) is 0.919. The molecule has 2 nitrogen and oxygen atoms in total. The summed E-state index contributed by atoms with van der Waals surface area (Å²) < 4.78 is 85.9. The van der Waals surface area contributed by atoms with Gasteiger partial charge >= 0.3 is 18.0 Å². The minimum atomic E-state index is -6.15. The largest absolute Gasteiger partial charge is 0.436 e. The third kappa shape index (κ3) is 1.81. The minimum Gasteiger partial charge on any atom is -0.218 e. The van der Waals surface area contributed by atoms with Gasteiger partial charge in [-0.25, -0.2) is 4.39 Å². The third-order valence-corrected chi connectivity index (χ3v) is 1.69. The maximum absolute atomic E-state index is 13.2. The molecule has 0 amide bonds. The van der Waals surface area contributed by atoms with Crippen LogP contribution in [0.5, 0.6) is 0 Å². The Balaban J connectivity index is 3.39. The molecule has 1 rings (SSSR count). The van der Waals surface area contributed by atoms with Crippen LogP contribution in [0.4, 0.5) is 30.7 Å². The van der Waals surface area contributed by atoms with Crippen molar-refractivity contribution in [3.8, 4) is 0 Å². The van der Waals surface area contributed by atoms with Crippen molar-refractivity contribution in [3.63, 3.8) is 0 Å². The van der Waals surface area contributed by atoms with E-state index < -0.39 is 23.6 Å². The van der Waals surface area contributed by atoms with E-state index in [0.29, 0.717) is 6.20 Å². The summed E-state index contributed by atoms with van der Waals surface area (Å²) in [5, 5.41) is 5.58. The van der Waals surface area contributed by atoms with Crippen molar-refractivity contribution in [1.82, 2.24) is 10.2 Å². The van der Waals surface area contributed by atoms with Crippen LogP contribution in [-0.2, 0) is 5.67 Å². The molecule has 1 heterocycles. The Kier molecular flexibility index (Phi) is 2.82. The molecule has 0 unspecified atom stereocenters. The van der Waals surface area contributed by atoms with Gasteiger partial charge in [-0.15, -0.1) is 5.10 Å². The van der Waals surface area contributed by atoms with Crippen LogP contribution in [0.1, 0.15) is 5.56 Å². The van der Waals surface area contributed by atoms with Crippen LogP contribution in [-0.4, -0.2) is 22.5 Å². The number of hydrogen-bond donors (Lipinski definition) is 0. The Morgan fingerprint density at radius 3 is 1.75 bits per heavy atom. The van der Waals surface area contributed by atoms with Crippen LogP contribution >= 0.6 is 0 Å². The summed E-state index contributed by atoms with van der Waals surface area (Å²) in [5.74, 6) is 0. The van der Waals surface area contributed by atoms with Crippen molar-refractivity contribution in [2.75, 3.05) is 0 Å². The highest BCUT2D eigenvalue weighted by molar-refractivity contribution is 5.20. The van der Waals surface area contributed by atoms with Gasteiger partial charge in [0.2, 0.25) is 0 Å². The summed E-state index contributed by atoms with van der Waals surface area (Å²) >= 11 is 0. The molecule has 0 bridgehead atoms. The molecular formula is C7H2F7N2. The molecular weight excluding hydrogens is 245 g/mol. The zero-order chi connectivity index (χ0) is 12.6. The normalized spacial score (nSPS) is 13.9. The number of hydrogen-bond acceptors (Lipinski definition) is 2. The monoisotopic (exact) mass is 247 g/mol. The van der Waals surface area contributed by atoms with Gasteiger partial charge in [-0.1, -0.05) is 0 Å². The fraction of sp³-hybridized carbons (Fsp3) is 0.429. The van der Waals surface area contributed by atoms with E-state index >= 15 is 0 Å². The van der Waals surface area contributed by atoms with Crippen LogP contribution in [0.3, 0.4) is 0 Å². The van der Waals surface area contributed by atoms with Gasteiger partial charge in [-0.3, -0.25) is 0 Å². The van der Waals surface area contributed by atoms with E-state index in [2.05, 4.69) is 10.2 Å². The van der Waals surface area contributed by atoms with Gasteiger partial charge in [-0.2, -0.15) is 31.4 Å². The lowest BCUT2D eigenvalue weighted by atomic mass is 9.96. The van der Waals surface area contributed by atoms with Crippen molar-refractivity contribution in [2.24, 2.45) is 0 Å². The fourth-order valence-corrected chi connectivity index (χ4v) is 0.919. The molecule has 0 aliphatic heterocycles. The van der Waals surface area contributed by atoms with E-state index in [9.17, 15) is 30.7 Å². The summed E-state index contributed by atoms with van der Waals surface area (Å²) in [7, 11) is 0. The average molecular weight is 247 g/mol. The van der Waals surface area contributed by atoms with Crippen molar-refractivity contribution in [3.05, 3.63) is 24.0 Å². The summed E-state index contributed by atoms with van der Waals surface area (Å²) in [4.78, 5) is 0. The summed E-state index contributed by atoms with van der Waals surface area (Å²) in [6.07, 6.45) is -10.5. The number of aromatic nitrogens is 2. The first-order valence-electron chi connectivity index (χ1n) is 3.63. The van der Waals surface area contributed by atoms with E-state index in [1.165, 1.54) is 6.20 Å². The van der Waals surface area contributed by atoms with Crippen LogP contribution in [0, 0.1) is 6.20 Å². The Labute approximate surface area is 84.1 Å². The maximum atomic E-state index is 13.2. The molecule has 0 N–H and O–H groups in total. The van der Waals surface area contributed by atoms with Crippen molar-refractivity contribution < 1.29 is 30.7 Å². The first-order valence-corrected chi connectivity index (χ1v) is 3.63. The lowest BCUT2D eigenvalue weighted by molar-refractivity contribution is -0.348. The predicted molar refractivity (Wildman–Crippen MR) is 35.8 cm³/mol. The Morgan fingerprint density at radius 2 is 1.44 bits per heavy atom. The van der Waals surface area contributed by atoms with E-state index in [0.717, 1.165) is 0 Å². The highest BCUT2D eigenvalue weighted by Crippen LogP contribution is 2.52. The van der Waals surface area contributed by atoms with Gasteiger partial charge in [0, 0.05) is 5.56 Å². The number of nitrogens with zero attached hydrogens (tertiary/aromatic N) is 2. The van der Waals surface area contributed by atoms with Crippen LogP contribution < -0.4 is 0 Å². The smallest absolute Gasteiger partial charge is 0.218 e. The Bertz CT molecular complexity index is 341. The quantitative estimate of drug-likeness (QED) is 0.713. The maximum Gasteiger partial charge on any atom is 0.436 e.